The fraction of sp³-hybridized carbons (Fsp3) is 0.235. The number of aryl methyl sites for hydroxylation is 1. The highest BCUT2D eigenvalue weighted by Crippen LogP contribution is 2.29. The van der Waals surface area contributed by atoms with E-state index >= 15 is 0 Å². The summed E-state index contributed by atoms with van der Waals surface area (Å²) in [5.41, 5.74) is 2.54. The van der Waals surface area contributed by atoms with Crippen LogP contribution in [-0.2, 0) is 7.05 Å². The molecule has 108 valence electrons. The molecule has 0 radical (unpaired) electrons. The molecule has 1 unspecified atom stereocenters. The molecule has 0 bridgehead atoms. The molecule has 0 spiro atoms. The average Bonchev–Trinajstić information content (AvgIpc) is 2.83. The van der Waals surface area contributed by atoms with Gasteiger partial charge < -0.3 is 5.32 Å². The molecular weight excluding hydrogens is 265 g/mol. The highest BCUT2D eigenvalue weighted by atomic mass is 19.1. The third kappa shape index (κ3) is 2.43. The molecule has 3 nitrogen and oxygen atoms in total. The van der Waals surface area contributed by atoms with E-state index in [0.717, 1.165) is 23.1 Å². The Morgan fingerprint density at radius 2 is 1.86 bits per heavy atom. The number of aromatic nitrogens is 2. The first kappa shape index (κ1) is 13.8. The second kappa shape index (κ2) is 5.66. The van der Waals surface area contributed by atoms with Crippen LogP contribution in [0.25, 0.3) is 10.9 Å². The first-order valence-corrected chi connectivity index (χ1v) is 7.11. The van der Waals surface area contributed by atoms with Crippen molar-refractivity contribution in [3.05, 3.63) is 65.6 Å². The Morgan fingerprint density at radius 3 is 2.62 bits per heavy atom. The van der Waals surface area contributed by atoms with Crippen molar-refractivity contribution in [3.8, 4) is 0 Å². The predicted octanol–water partition coefficient (Wildman–Crippen LogP) is 3.41. The molecule has 1 heterocycles. The molecule has 0 saturated carbocycles. The van der Waals surface area contributed by atoms with Gasteiger partial charge in [-0.3, -0.25) is 4.68 Å². The standard InChI is InChI=1S/C17H18FN3/c1-3-19-16(12-8-4-6-10-14(12)18)17-13-9-5-7-11-15(13)21(2)20-17/h4-11,16,19H,3H2,1-2H3. The molecule has 4 heteroatoms. The van der Waals surface area contributed by atoms with Crippen LogP contribution in [0.3, 0.4) is 0 Å². The first-order valence-electron chi connectivity index (χ1n) is 7.11. The van der Waals surface area contributed by atoms with Crippen molar-refractivity contribution in [1.82, 2.24) is 15.1 Å². The summed E-state index contributed by atoms with van der Waals surface area (Å²) in [6.45, 7) is 2.75. The maximum Gasteiger partial charge on any atom is 0.128 e. The normalized spacial score (nSPS) is 12.7. The Kier molecular flexibility index (Phi) is 3.71. The summed E-state index contributed by atoms with van der Waals surface area (Å²) >= 11 is 0. The Bertz CT molecular complexity index is 764. The fourth-order valence-electron chi connectivity index (χ4n) is 2.72. The van der Waals surface area contributed by atoms with Crippen molar-refractivity contribution >= 4 is 10.9 Å². The molecular formula is C17H18FN3. The molecule has 1 aromatic heterocycles. The average molecular weight is 283 g/mol. The number of hydrogen-bond acceptors (Lipinski definition) is 2. The minimum absolute atomic E-state index is 0.210. The molecule has 2 aromatic carbocycles. The molecule has 0 amide bonds. The third-order valence-corrected chi connectivity index (χ3v) is 3.68. The summed E-state index contributed by atoms with van der Waals surface area (Å²) < 4.78 is 16.0. The smallest absolute Gasteiger partial charge is 0.128 e. The molecule has 21 heavy (non-hydrogen) atoms. The summed E-state index contributed by atoms with van der Waals surface area (Å²) in [6.07, 6.45) is 0. The van der Waals surface area contributed by atoms with Crippen molar-refractivity contribution < 1.29 is 4.39 Å². The van der Waals surface area contributed by atoms with Gasteiger partial charge in [0.15, 0.2) is 0 Å². The molecule has 0 aliphatic heterocycles. The van der Waals surface area contributed by atoms with Crippen LogP contribution in [0.15, 0.2) is 48.5 Å². The van der Waals surface area contributed by atoms with Gasteiger partial charge in [-0.2, -0.15) is 5.10 Å². The monoisotopic (exact) mass is 283 g/mol. The maximum absolute atomic E-state index is 14.2. The minimum atomic E-state index is -0.248. The van der Waals surface area contributed by atoms with Gasteiger partial charge in [-0.1, -0.05) is 43.3 Å². The van der Waals surface area contributed by atoms with E-state index < -0.39 is 0 Å². The number of para-hydroxylation sites is 1. The van der Waals surface area contributed by atoms with E-state index in [1.165, 1.54) is 6.07 Å². The maximum atomic E-state index is 14.2. The Morgan fingerprint density at radius 1 is 1.14 bits per heavy atom. The number of nitrogens with zero attached hydrogens (tertiary/aromatic N) is 2. The molecule has 0 fully saturated rings. The van der Waals surface area contributed by atoms with E-state index in [2.05, 4.69) is 10.4 Å². The molecule has 1 atom stereocenters. The Labute approximate surface area is 123 Å². The first-order chi connectivity index (χ1) is 10.2. The van der Waals surface area contributed by atoms with E-state index in [1.807, 2.05) is 55.1 Å². The van der Waals surface area contributed by atoms with Crippen LogP contribution < -0.4 is 5.32 Å². The summed E-state index contributed by atoms with van der Waals surface area (Å²) in [4.78, 5) is 0. The van der Waals surface area contributed by atoms with Gasteiger partial charge in [-0.15, -0.1) is 0 Å². The SMILES string of the molecule is CCNC(c1ccccc1F)c1nn(C)c2ccccc12. The lowest BCUT2D eigenvalue weighted by atomic mass is 10.0. The number of benzene rings is 2. The number of hydrogen-bond donors (Lipinski definition) is 1. The van der Waals surface area contributed by atoms with Gasteiger partial charge in [0.1, 0.15) is 5.82 Å². The zero-order valence-electron chi connectivity index (χ0n) is 12.2. The van der Waals surface area contributed by atoms with E-state index in [1.54, 1.807) is 6.07 Å². The molecule has 0 aliphatic rings. The Hall–Kier alpha value is -2.20. The molecule has 1 N–H and O–H groups in total. The van der Waals surface area contributed by atoms with Gasteiger partial charge in [0.05, 0.1) is 17.3 Å². The van der Waals surface area contributed by atoms with Gasteiger partial charge in [-0.05, 0) is 18.7 Å². The van der Waals surface area contributed by atoms with E-state index in [9.17, 15) is 4.39 Å². The van der Waals surface area contributed by atoms with Crippen LogP contribution in [-0.4, -0.2) is 16.3 Å². The van der Waals surface area contributed by atoms with Gasteiger partial charge in [0.2, 0.25) is 0 Å². The quantitative estimate of drug-likeness (QED) is 0.795. The number of fused-ring (bicyclic) bond motifs is 1. The third-order valence-electron chi connectivity index (χ3n) is 3.68. The van der Waals surface area contributed by atoms with Crippen molar-refractivity contribution in [3.63, 3.8) is 0 Å². The van der Waals surface area contributed by atoms with E-state index in [4.69, 9.17) is 0 Å². The van der Waals surface area contributed by atoms with Crippen LogP contribution in [0.2, 0.25) is 0 Å². The number of nitrogens with one attached hydrogen (secondary N) is 1. The lowest BCUT2D eigenvalue weighted by Crippen LogP contribution is -2.23. The van der Waals surface area contributed by atoms with Crippen molar-refractivity contribution in [1.29, 1.82) is 0 Å². The summed E-state index contributed by atoms with van der Waals surface area (Å²) in [5, 5.41) is 9.01. The van der Waals surface area contributed by atoms with Crippen molar-refractivity contribution in [2.75, 3.05) is 6.54 Å². The van der Waals surface area contributed by atoms with Gasteiger partial charge in [-0.25, -0.2) is 4.39 Å². The lowest BCUT2D eigenvalue weighted by Gasteiger charge is -2.17. The van der Waals surface area contributed by atoms with Gasteiger partial charge in [0.25, 0.3) is 0 Å². The van der Waals surface area contributed by atoms with Crippen LogP contribution in [0.5, 0.6) is 0 Å². The van der Waals surface area contributed by atoms with Crippen LogP contribution in [0, 0.1) is 5.82 Å². The second-order valence-electron chi connectivity index (χ2n) is 5.04. The topological polar surface area (TPSA) is 29.9 Å². The molecule has 3 rings (SSSR count). The predicted molar refractivity (Wildman–Crippen MR) is 82.6 cm³/mol. The zero-order valence-corrected chi connectivity index (χ0v) is 12.2. The second-order valence-corrected chi connectivity index (χ2v) is 5.04. The number of halogens is 1. The molecule has 0 saturated heterocycles. The summed E-state index contributed by atoms with van der Waals surface area (Å²) in [5.74, 6) is -0.210. The van der Waals surface area contributed by atoms with Gasteiger partial charge >= 0.3 is 0 Å². The number of rotatable bonds is 4. The highest BCUT2D eigenvalue weighted by molar-refractivity contribution is 5.82. The summed E-state index contributed by atoms with van der Waals surface area (Å²) in [7, 11) is 1.91. The van der Waals surface area contributed by atoms with Crippen LogP contribution in [0.1, 0.15) is 24.2 Å². The van der Waals surface area contributed by atoms with E-state index in [-0.39, 0.29) is 11.9 Å². The fourth-order valence-corrected chi connectivity index (χ4v) is 2.72. The Balaban J connectivity index is 2.19. The van der Waals surface area contributed by atoms with Crippen LogP contribution in [0.4, 0.5) is 4.39 Å². The molecule has 3 aromatic rings. The van der Waals surface area contributed by atoms with Crippen molar-refractivity contribution in [2.24, 2.45) is 7.05 Å². The van der Waals surface area contributed by atoms with Gasteiger partial charge in [0, 0.05) is 18.0 Å². The minimum Gasteiger partial charge on any atom is -0.305 e. The largest absolute Gasteiger partial charge is 0.305 e. The van der Waals surface area contributed by atoms with E-state index in [0.29, 0.717) is 5.56 Å². The van der Waals surface area contributed by atoms with Crippen molar-refractivity contribution in [2.45, 2.75) is 13.0 Å². The zero-order chi connectivity index (χ0) is 14.8. The lowest BCUT2D eigenvalue weighted by molar-refractivity contribution is 0.548. The highest BCUT2D eigenvalue weighted by Gasteiger charge is 2.22. The summed E-state index contributed by atoms with van der Waals surface area (Å²) in [6, 6.07) is 14.6. The van der Waals surface area contributed by atoms with Crippen LogP contribution >= 0.6 is 0 Å². The molecule has 0 aliphatic carbocycles.